The molecule has 0 N–H and O–H groups in total. The summed E-state index contributed by atoms with van der Waals surface area (Å²) in [5.74, 6) is 0. The first-order valence-corrected chi connectivity index (χ1v) is 4.99. The molecule has 2 nitrogen and oxygen atoms in total. The van der Waals surface area contributed by atoms with Crippen molar-refractivity contribution in [1.82, 2.24) is 10.0 Å². The minimum Gasteiger partial charge on any atom is -0.238 e. The van der Waals surface area contributed by atoms with E-state index in [2.05, 4.69) is 40.3 Å². The third-order valence-corrected chi connectivity index (χ3v) is 3.11. The monoisotopic (exact) mass is 174 g/mol. The highest BCUT2D eigenvalue weighted by molar-refractivity contribution is 5.17. The Bertz CT molecular complexity index is 296. The van der Waals surface area contributed by atoms with E-state index in [1.165, 1.54) is 31.6 Å². The third kappa shape index (κ3) is 1.18. The molecular weight excluding hydrogens is 160 g/mol. The summed E-state index contributed by atoms with van der Waals surface area (Å²) in [5.41, 5.74) is 1.47. The average Bonchev–Trinajstić information content (AvgIpc) is 2.15. The van der Waals surface area contributed by atoms with Crippen LogP contribution in [0.4, 0.5) is 0 Å². The summed E-state index contributed by atoms with van der Waals surface area (Å²) in [7, 11) is 0. The molecule has 3 rings (SSSR count). The van der Waals surface area contributed by atoms with Crippen LogP contribution in [0.5, 0.6) is 0 Å². The molecule has 0 amide bonds. The number of hydrogen-bond acceptors (Lipinski definition) is 2. The molecule has 0 saturated carbocycles. The van der Waals surface area contributed by atoms with Gasteiger partial charge in [-0.3, -0.25) is 0 Å². The second-order valence-corrected chi connectivity index (χ2v) is 3.92. The molecule has 2 aliphatic rings. The molecule has 0 bridgehead atoms. The molecule has 1 unspecified atom stereocenters. The number of fused-ring (bicyclic) bond motifs is 1. The fraction of sp³-hybridized carbons (Fsp3) is 0.455. The molecular formula is C11H14N2. The topological polar surface area (TPSA) is 6.48 Å². The Kier molecular flexibility index (Phi) is 1.64. The maximum Gasteiger partial charge on any atom is 0.0428 e. The molecule has 2 heteroatoms. The van der Waals surface area contributed by atoms with Crippen LogP contribution in [0.1, 0.15) is 5.56 Å². The molecule has 0 aromatic heterocycles. The predicted octanol–water partition coefficient (Wildman–Crippen LogP) is 1.14. The first-order valence-electron chi connectivity index (χ1n) is 4.99. The van der Waals surface area contributed by atoms with E-state index in [0.717, 1.165) is 6.04 Å². The zero-order valence-corrected chi connectivity index (χ0v) is 7.69. The first kappa shape index (κ1) is 7.54. The zero-order valence-electron chi connectivity index (χ0n) is 7.69. The average molecular weight is 174 g/mol. The van der Waals surface area contributed by atoms with Crippen LogP contribution in [-0.2, 0) is 6.42 Å². The number of rotatable bonds is 2. The van der Waals surface area contributed by atoms with Crippen LogP contribution in [0.25, 0.3) is 0 Å². The van der Waals surface area contributed by atoms with Crippen LogP contribution in [-0.4, -0.2) is 35.7 Å². The highest BCUT2D eigenvalue weighted by atomic mass is 15.8. The van der Waals surface area contributed by atoms with E-state index in [0.29, 0.717) is 0 Å². The van der Waals surface area contributed by atoms with Crippen molar-refractivity contribution < 1.29 is 0 Å². The number of hydrogen-bond donors (Lipinski definition) is 0. The number of nitrogens with zero attached hydrogens (tertiary/aromatic N) is 2. The van der Waals surface area contributed by atoms with E-state index in [1.54, 1.807) is 0 Å². The van der Waals surface area contributed by atoms with Crippen molar-refractivity contribution in [3.8, 4) is 0 Å². The summed E-state index contributed by atoms with van der Waals surface area (Å²) < 4.78 is 0. The van der Waals surface area contributed by atoms with Gasteiger partial charge in [0.05, 0.1) is 0 Å². The van der Waals surface area contributed by atoms with Gasteiger partial charge in [0.1, 0.15) is 0 Å². The Morgan fingerprint density at radius 2 is 2.00 bits per heavy atom. The fourth-order valence-electron chi connectivity index (χ4n) is 2.26. The Morgan fingerprint density at radius 1 is 1.15 bits per heavy atom. The molecule has 2 fully saturated rings. The van der Waals surface area contributed by atoms with Crippen LogP contribution < -0.4 is 0 Å². The number of benzene rings is 1. The SMILES string of the molecule is c1ccc(CC2CN3CCN23)cc1. The van der Waals surface area contributed by atoms with E-state index in [1.807, 2.05) is 0 Å². The minimum absolute atomic E-state index is 0.788. The highest BCUT2D eigenvalue weighted by Gasteiger charge is 2.42. The molecule has 2 saturated heterocycles. The van der Waals surface area contributed by atoms with Crippen molar-refractivity contribution in [2.75, 3.05) is 19.6 Å². The van der Waals surface area contributed by atoms with E-state index in [4.69, 9.17) is 0 Å². The van der Waals surface area contributed by atoms with E-state index >= 15 is 0 Å². The largest absolute Gasteiger partial charge is 0.238 e. The Labute approximate surface area is 78.7 Å². The van der Waals surface area contributed by atoms with Gasteiger partial charge in [-0.05, 0) is 12.0 Å². The van der Waals surface area contributed by atoms with Gasteiger partial charge in [-0.2, -0.15) is 0 Å². The molecule has 0 radical (unpaired) electrons. The van der Waals surface area contributed by atoms with Gasteiger partial charge in [0.2, 0.25) is 0 Å². The summed E-state index contributed by atoms with van der Waals surface area (Å²) in [4.78, 5) is 0. The van der Waals surface area contributed by atoms with Gasteiger partial charge in [-0.25, -0.2) is 10.0 Å². The second-order valence-electron chi connectivity index (χ2n) is 3.92. The maximum atomic E-state index is 2.48. The normalized spacial score (nSPS) is 27.5. The molecule has 1 aromatic carbocycles. The quantitative estimate of drug-likeness (QED) is 0.663. The molecule has 2 aliphatic heterocycles. The van der Waals surface area contributed by atoms with E-state index < -0.39 is 0 Å². The molecule has 1 atom stereocenters. The summed E-state index contributed by atoms with van der Waals surface area (Å²) in [6.45, 7) is 3.83. The van der Waals surface area contributed by atoms with Gasteiger partial charge >= 0.3 is 0 Å². The number of piperazine rings is 1. The molecule has 0 spiro atoms. The summed E-state index contributed by atoms with van der Waals surface area (Å²) in [6.07, 6.45) is 1.22. The van der Waals surface area contributed by atoms with Crippen LogP contribution in [0.15, 0.2) is 30.3 Å². The lowest BCUT2D eigenvalue weighted by Gasteiger charge is -2.59. The lowest BCUT2D eigenvalue weighted by molar-refractivity contribution is -0.232. The van der Waals surface area contributed by atoms with Gasteiger partial charge in [-0.15, -0.1) is 0 Å². The van der Waals surface area contributed by atoms with Gasteiger partial charge < -0.3 is 0 Å². The van der Waals surface area contributed by atoms with E-state index in [9.17, 15) is 0 Å². The van der Waals surface area contributed by atoms with Gasteiger partial charge in [0.15, 0.2) is 0 Å². The Balaban J connectivity index is 1.64. The minimum atomic E-state index is 0.788. The standard InChI is InChI=1S/C11H14N2/c1-2-4-10(5-3-1)8-11-9-12-6-7-13(11)12/h1-5,11H,6-9H2. The van der Waals surface area contributed by atoms with Gasteiger partial charge in [0.25, 0.3) is 0 Å². The molecule has 68 valence electrons. The summed E-state index contributed by atoms with van der Waals surface area (Å²) in [6, 6.07) is 11.6. The number of hydrazine groups is 1. The first-order chi connectivity index (χ1) is 6.43. The van der Waals surface area contributed by atoms with Crippen molar-refractivity contribution in [3.63, 3.8) is 0 Å². The second kappa shape index (κ2) is 2.82. The maximum absolute atomic E-state index is 2.48. The van der Waals surface area contributed by atoms with Crippen LogP contribution in [0.3, 0.4) is 0 Å². The summed E-state index contributed by atoms with van der Waals surface area (Å²) in [5, 5.41) is 4.90. The molecule has 1 aromatic rings. The molecule has 0 aliphatic carbocycles. The zero-order chi connectivity index (χ0) is 8.67. The molecule has 2 heterocycles. The van der Waals surface area contributed by atoms with Crippen molar-refractivity contribution in [2.45, 2.75) is 12.5 Å². The van der Waals surface area contributed by atoms with Crippen LogP contribution >= 0.6 is 0 Å². The van der Waals surface area contributed by atoms with Gasteiger partial charge in [0, 0.05) is 25.7 Å². The van der Waals surface area contributed by atoms with E-state index in [-0.39, 0.29) is 0 Å². The predicted molar refractivity (Wildman–Crippen MR) is 52.2 cm³/mol. The van der Waals surface area contributed by atoms with Crippen molar-refractivity contribution >= 4 is 0 Å². The lowest BCUT2D eigenvalue weighted by Crippen LogP contribution is -2.74. The highest BCUT2D eigenvalue weighted by Crippen LogP contribution is 2.27. The van der Waals surface area contributed by atoms with Crippen LogP contribution in [0, 0.1) is 0 Å². The lowest BCUT2D eigenvalue weighted by atomic mass is 10.00. The Hall–Kier alpha value is -0.860. The Morgan fingerprint density at radius 3 is 2.54 bits per heavy atom. The molecule has 13 heavy (non-hydrogen) atoms. The van der Waals surface area contributed by atoms with Crippen molar-refractivity contribution in [3.05, 3.63) is 35.9 Å². The third-order valence-electron chi connectivity index (χ3n) is 3.11. The van der Waals surface area contributed by atoms with Crippen molar-refractivity contribution in [2.24, 2.45) is 0 Å². The smallest absolute Gasteiger partial charge is 0.0428 e. The van der Waals surface area contributed by atoms with Crippen molar-refractivity contribution in [1.29, 1.82) is 0 Å². The van der Waals surface area contributed by atoms with Gasteiger partial charge in [-0.1, -0.05) is 30.3 Å². The summed E-state index contributed by atoms with van der Waals surface area (Å²) >= 11 is 0. The van der Waals surface area contributed by atoms with Crippen LogP contribution in [0.2, 0.25) is 0 Å². The fourth-order valence-corrected chi connectivity index (χ4v) is 2.26.